The zero-order valence-corrected chi connectivity index (χ0v) is 19.9. The number of nitrogens with one attached hydrogen (secondary N) is 1. The van der Waals surface area contributed by atoms with E-state index in [4.69, 9.17) is 14.5 Å². The quantitative estimate of drug-likeness (QED) is 0.398. The molecule has 0 spiro atoms. The molecule has 4 heterocycles. The minimum Gasteiger partial charge on any atom is -0.457 e. The predicted octanol–water partition coefficient (Wildman–Crippen LogP) is 4.13. The van der Waals surface area contributed by atoms with Gasteiger partial charge in [-0.05, 0) is 49.2 Å². The summed E-state index contributed by atoms with van der Waals surface area (Å²) >= 11 is 0. The molecule has 10 heteroatoms. The van der Waals surface area contributed by atoms with Crippen molar-refractivity contribution in [2.24, 2.45) is 7.05 Å². The summed E-state index contributed by atoms with van der Waals surface area (Å²) in [6.45, 7) is 3.50. The van der Waals surface area contributed by atoms with Crippen LogP contribution in [-0.2, 0) is 11.8 Å². The highest BCUT2D eigenvalue weighted by molar-refractivity contribution is 5.87. The highest BCUT2D eigenvalue weighted by atomic mass is 16.5. The first-order valence-electron chi connectivity index (χ1n) is 11.9. The van der Waals surface area contributed by atoms with Crippen molar-refractivity contribution < 1.29 is 9.47 Å². The first-order valence-corrected chi connectivity index (χ1v) is 11.9. The van der Waals surface area contributed by atoms with Crippen LogP contribution in [0.1, 0.15) is 12.0 Å². The van der Waals surface area contributed by atoms with E-state index in [1.54, 1.807) is 12.5 Å². The third-order valence-electron chi connectivity index (χ3n) is 6.75. The summed E-state index contributed by atoms with van der Waals surface area (Å²) in [5.74, 6) is 2.86. The van der Waals surface area contributed by atoms with Crippen molar-refractivity contribution >= 4 is 39.5 Å². The molecule has 2 atom stereocenters. The van der Waals surface area contributed by atoms with Crippen molar-refractivity contribution in [2.45, 2.75) is 25.5 Å². The molecule has 7 rings (SSSR count). The van der Waals surface area contributed by atoms with Gasteiger partial charge >= 0.3 is 0 Å². The summed E-state index contributed by atoms with van der Waals surface area (Å²) in [6, 6.07) is 12.2. The number of aryl methyl sites for hydroxylation is 2. The first kappa shape index (κ1) is 21.0. The highest BCUT2D eigenvalue weighted by Crippen LogP contribution is 2.37. The Balaban J connectivity index is 1.14. The number of aromatic nitrogens is 6. The number of imidazole rings is 1. The molecule has 1 saturated carbocycles. The molecule has 2 aromatic carbocycles. The van der Waals surface area contributed by atoms with Gasteiger partial charge in [-0.3, -0.25) is 0 Å². The molecule has 0 bridgehead atoms. The molecule has 5 aromatic rings. The van der Waals surface area contributed by atoms with Crippen LogP contribution in [0.4, 0.5) is 17.5 Å². The van der Waals surface area contributed by atoms with Gasteiger partial charge in [-0.2, -0.15) is 0 Å². The normalized spacial score (nSPS) is 18.9. The lowest BCUT2D eigenvalue weighted by atomic mass is 10.2. The Labute approximate surface area is 207 Å². The number of hydrogen-bond acceptors (Lipinski definition) is 9. The van der Waals surface area contributed by atoms with E-state index >= 15 is 0 Å². The van der Waals surface area contributed by atoms with Crippen molar-refractivity contribution in [1.29, 1.82) is 0 Å². The van der Waals surface area contributed by atoms with E-state index in [1.807, 2.05) is 54.9 Å². The second kappa shape index (κ2) is 8.13. The molecule has 1 aliphatic carbocycles. The van der Waals surface area contributed by atoms with Crippen molar-refractivity contribution in [3.8, 4) is 11.5 Å². The van der Waals surface area contributed by atoms with E-state index < -0.39 is 0 Å². The van der Waals surface area contributed by atoms with Crippen LogP contribution in [0.15, 0.2) is 55.2 Å². The van der Waals surface area contributed by atoms with Crippen LogP contribution in [0, 0.1) is 6.92 Å². The molecule has 10 nitrogen and oxygen atoms in total. The van der Waals surface area contributed by atoms with Crippen LogP contribution in [-0.4, -0.2) is 54.8 Å². The van der Waals surface area contributed by atoms with Gasteiger partial charge in [-0.25, -0.2) is 24.9 Å². The van der Waals surface area contributed by atoms with E-state index in [1.165, 1.54) is 6.33 Å². The Bertz CT molecular complexity index is 1620. The van der Waals surface area contributed by atoms with Gasteiger partial charge < -0.3 is 24.3 Å². The summed E-state index contributed by atoms with van der Waals surface area (Å²) < 4.78 is 13.9. The molecular formula is C26H24N8O2. The Morgan fingerprint density at radius 3 is 2.92 bits per heavy atom. The minimum absolute atomic E-state index is 0.303. The maximum atomic E-state index is 6.16. The average molecular weight is 481 g/mol. The fourth-order valence-electron chi connectivity index (χ4n) is 4.74. The smallest absolute Gasteiger partial charge is 0.226 e. The number of rotatable bonds is 5. The van der Waals surface area contributed by atoms with Crippen molar-refractivity contribution in [3.63, 3.8) is 0 Å². The molecule has 180 valence electrons. The lowest BCUT2D eigenvalue weighted by Crippen LogP contribution is -2.37. The summed E-state index contributed by atoms with van der Waals surface area (Å²) in [5.41, 5.74) is 5.22. The third kappa shape index (κ3) is 3.66. The lowest BCUT2D eigenvalue weighted by Gasteiger charge is -2.26. The fourth-order valence-corrected chi connectivity index (χ4v) is 4.74. The van der Waals surface area contributed by atoms with Crippen LogP contribution in [0.3, 0.4) is 0 Å². The zero-order chi connectivity index (χ0) is 24.2. The Morgan fingerprint density at radius 1 is 1.06 bits per heavy atom. The van der Waals surface area contributed by atoms with Gasteiger partial charge in [0, 0.05) is 25.3 Å². The molecular weight excluding hydrogens is 456 g/mol. The van der Waals surface area contributed by atoms with E-state index in [-0.39, 0.29) is 0 Å². The Kier molecular flexibility index (Phi) is 4.74. The number of nitrogens with zero attached hydrogens (tertiary/aromatic N) is 7. The van der Waals surface area contributed by atoms with Crippen LogP contribution >= 0.6 is 0 Å². The van der Waals surface area contributed by atoms with Gasteiger partial charge in [0.05, 0.1) is 42.3 Å². The molecule has 2 fully saturated rings. The van der Waals surface area contributed by atoms with Crippen molar-refractivity contribution in [1.82, 2.24) is 29.5 Å². The summed E-state index contributed by atoms with van der Waals surface area (Å²) in [6.07, 6.45) is 6.42. The molecule has 0 amide bonds. The molecule has 0 radical (unpaired) electrons. The summed E-state index contributed by atoms with van der Waals surface area (Å²) in [4.78, 5) is 24.9. The van der Waals surface area contributed by atoms with Crippen LogP contribution in [0.2, 0.25) is 0 Å². The van der Waals surface area contributed by atoms with Gasteiger partial charge in [0.1, 0.15) is 28.9 Å². The average Bonchev–Trinajstić information content (AvgIpc) is 3.61. The third-order valence-corrected chi connectivity index (χ3v) is 6.75. The van der Waals surface area contributed by atoms with Crippen LogP contribution in [0.5, 0.6) is 11.5 Å². The second-order valence-electron chi connectivity index (χ2n) is 9.25. The maximum absolute atomic E-state index is 6.16. The summed E-state index contributed by atoms with van der Waals surface area (Å²) in [5, 5.41) is 3.40. The van der Waals surface area contributed by atoms with Gasteiger partial charge in [0.25, 0.3) is 0 Å². The van der Waals surface area contributed by atoms with Gasteiger partial charge in [0.2, 0.25) is 5.95 Å². The zero-order valence-electron chi connectivity index (χ0n) is 19.9. The molecule has 36 heavy (non-hydrogen) atoms. The number of hydrogen-bond donors (Lipinski definition) is 1. The van der Waals surface area contributed by atoms with E-state index in [2.05, 4.69) is 30.2 Å². The predicted molar refractivity (Wildman–Crippen MR) is 136 cm³/mol. The first-order chi connectivity index (χ1) is 17.6. The summed E-state index contributed by atoms with van der Waals surface area (Å²) in [7, 11) is 1.98. The Hall–Kier alpha value is -4.31. The monoisotopic (exact) mass is 480 g/mol. The van der Waals surface area contributed by atoms with Gasteiger partial charge in [-0.15, -0.1) is 0 Å². The highest BCUT2D eigenvalue weighted by Gasteiger charge is 2.46. The van der Waals surface area contributed by atoms with Crippen molar-refractivity contribution in [3.05, 3.63) is 60.8 Å². The molecule has 1 saturated heterocycles. The number of morpholine rings is 1. The molecule has 1 aliphatic heterocycles. The number of anilines is 3. The van der Waals surface area contributed by atoms with Gasteiger partial charge in [0.15, 0.2) is 5.82 Å². The standard InChI is InChI=1S/C26H24N8O2/c1-15-9-16(3-6-22(15)36-17-4-5-20-18(10-17)30-14-33(20)2)31-25-24-19(28-13-29-25)12-27-26(32-24)34-7-8-35-23-11-21(23)34/h3-6,9-10,12-14,21,23H,7-8,11H2,1-2H3,(H,28,29,31)/t21-,23+/m1/s1. The largest absolute Gasteiger partial charge is 0.457 e. The van der Waals surface area contributed by atoms with E-state index in [9.17, 15) is 0 Å². The second-order valence-corrected chi connectivity index (χ2v) is 9.25. The SMILES string of the molecule is Cc1cc(Nc2ncnc3cnc(N4CCO[C@H]5C[C@H]54)nc23)ccc1Oc1ccc2c(c1)ncn2C. The maximum Gasteiger partial charge on any atom is 0.226 e. The van der Waals surface area contributed by atoms with Crippen LogP contribution in [0.25, 0.3) is 22.1 Å². The number of benzene rings is 2. The number of ether oxygens (including phenoxy) is 2. The molecule has 1 N–H and O–H groups in total. The fraction of sp³-hybridized carbons (Fsp3) is 0.269. The molecule has 0 unspecified atom stereocenters. The number of fused-ring (bicyclic) bond motifs is 3. The Morgan fingerprint density at radius 2 is 2.00 bits per heavy atom. The topological polar surface area (TPSA) is 103 Å². The van der Waals surface area contributed by atoms with E-state index in [0.29, 0.717) is 41.6 Å². The minimum atomic E-state index is 0.303. The lowest BCUT2D eigenvalue weighted by molar-refractivity contribution is 0.102. The van der Waals surface area contributed by atoms with Gasteiger partial charge in [-0.1, -0.05) is 0 Å². The molecule has 3 aromatic heterocycles. The van der Waals surface area contributed by atoms with E-state index in [0.717, 1.165) is 46.7 Å². The van der Waals surface area contributed by atoms with Crippen molar-refractivity contribution in [2.75, 3.05) is 23.4 Å². The molecule has 2 aliphatic rings. The van der Waals surface area contributed by atoms with Crippen LogP contribution < -0.4 is 15.0 Å².